The first kappa shape index (κ1) is 13.6. The molecule has 2 unspecified atom stereocenters. The standard InChI is InChI=1S/C16H20N2OS/c1-2-20-14-8-4-7-13(14)18-16(19)12-6-3-5-11-9-10-17-15(11)12/h3,5-6,9-10,13-14,17H,2,4,7-8H2,1H3,(H,18,19). The van der Waals surface area contributed by atoms with Gasteiger partial charge in [0.05, 0.1) is 11.1 Å². The van der Waals surface area contributed by atoms with Crippen LogP contribution in [0.5, 0.6) is 0 Å². The number of thioether (sulfide) groups is 1. The maximum absolute atomic E-state index is 12.5. The monoisotopic (exact) mass is 288 g/mol. The summed E-state index contributed by atoms with van der Waals surface area (Å²) in [5.74, 6) is 1.16. The number of rotatable bonds is 4. The van der Waals surface area contributed by atoms with Gasteiger partial charge in [-0.25, -0.2) is 0 Å². The minimum absolute atomic E-state index is 0.0478. The molecule has 1 amide bonds. The minimum Gasteiger partial charge on any atom is -0.361 e. The molecule has 1 heterocycles. The molecule has 106 valence electrons. The lowest BCUT2D eigenvalue weighted by molar-refractivity contribution is 0.0940. The third-order valence-corrected chi connectivity index (χ3v) is 5.31. The van der Waals surface area contributed by atoms with E-state index in [9.17, 15) is 4.79 Å². The van der Waals surface area contributed by atoms with Crippen molar-refractivity contribution in [3.05, 3.63) is 36.0 Å². The predicted molar refractivity (Wildman–Crippen MR) is 85.3 cm³/mol. The van der Waals surface area contributed by atoms with Gasteiger partial charge in [-0.2, -0.15) is 11.8 Å². The second-order valence-corrected chi connectivity index (χ2v) is 6.77. The molecule has 1 saturated carbocycles. The molecule has 2 aromatic rings. The summed E-state index contributed by atoms with van der Waals surface area (Å²) in [6, 6.07) is 8.17. The lowest BCUT2D eigenvalue weighted by atomic mass is 10.1. The molecule has 0 saturated heterocycles. The quantitative estimate of drug-likeness (QED) is 0.903. The van der Waals surface area contributed by atoms with Crippen LogP contribution in [0.1, 0.15) is 36.5 Å². The van der Waals surface area contributed by atoms with E-state index in [0.717, 1.165) is 28.6 Å². The molecule has 1 aliphatic rings. The Labute approximate surface area is 123 Å². The van der Waals surface area contributed by atoms with Crippen LogP contribution in [0.2, 0.25) is 0 Å². The number of aromatic nitrogens is 1. The van der Waals surface area contributed by atoms with Crippen molar-refractivity contribution in [1.82, 2.24) is 10.3 Å². The van der Waals surface area contributed by atoms with Crippen LogP contribution in [-0.4, -0.2) is 27.9 Å². The van der Waals surface area contributed by atoms with Gasteiger partial charge < -0.3 is 10.3 Å². The molecule has 1 aromatic heterocycles. The Kier molecular flexibility index (Phi) is 4.01. The molecule has 3 rings (SSSR count). The molecule has 1 fully saturated rings. The fraction of sp³-hybridized carbons (Fsp3) is 0.438. The summed E-state index contributed by atoms with van der Waals surface area (Å²) in [6.45, 7) is 2.18. The van der Waals surface area contributed by atoms with Gasteiger partial charge in [-0.15, -0.1) is 0 Å². The summed E-state index contributed by atoms with van der Waals surface area (Å²) in [6.07, 6.45) is 5.42. The maximum atomic E-state index is 12.5. The smallest absolute Gasteiger partial charge is 0.253 e. The van der Waals surface area contributed by atoms with E-state index in [1.165, 1.54) is 12.8 Å². The highest BCUT2D eigenvalue weighted by atomic mass is 32.2. The lowest BCUT2D eigenvalue weighted by Gasteiger charge is -2.20. The fourth-order valence-corrected chi connectivity index (χ4v) is 4.22. The van der Waals surface area contributed by atoms with Crippen molar-refractivity contribution in [2.45, 2.75) is 37.5 Å². The number of nitrogens with one attached hydrogen (secondary N) is 2. The highest BCUT2D eigenvalue weighted by Crippen LogP contribution is 2.30. The molecule has 0 bridgehead atoms. The SMILES string of the molecule is CCSC1CCCC1NC(=O)c1cccc2cc[nH]c12. The fourth-order valence-electron chi connectivity index (χ4n) is 3.02. The first-order valence-corrected chi connectivity index (χ1v) is 8.33. The molecular weight excluding hydrogens is 268 g/mol. The van der Waals surface area contributed by atoms with Gasteiger partial charge in [0.15, 0.2) is 0 Å². The van der Waals surface area contributed by atoms with E-state index in [2.05, 4.69) is 17.2 Å². The Balaban J connectivity index is 1.77. The van der Waals surface area contributed by atoms with E-state index in [4.69, 9.17) is 0 Å². The first-order valence-electron chi connectivity index (χ1n) is 7.28. The van der Waals surface area contributed by atoms with Crippen LogP contribution < -0.4 is 5.32 Å². The van der Waals surface area contributed by atoms with Crippen molar-refractivity contribution in [1.29, 1.82) is 0 Å². The topological polar surface area (TPSA) is 44.9 Å². The zero-order valence-electron chi connectivity index (χ0n) is 11.7. The second kappa shape index (κ2) is 5.92. The van der Waals surface area contributed by atoms with Crippen molar-refractivity contribution in [2.75, 3.05) is 5.75 Å². The van der Waals surface area contributed by atoms with E-state index < -0.39 is 0 Å². The number of benzene rings is 1. The summed E-state index contributed by atoms with van der Waals surface area (Å²) >= 11 is 1.97. The highest BCUT2D eigenvalue weighted by molar-refractivity contribution is 7.99. The van der Waals surface area contributed by atoms with E-state index in [1.807, 2.05) is 42.2 Å². The molecule has 2 N–H and O–H groups in total. The number of fused-ring (bicyclic) bond motifs is 1. The third kappa shape index (κ3) is 2.57. The molecule has 0 radical (unpaired) electrons. The molecule has 2 atom stereocenters. The van der Waals surface area contributed by atoms with Crippen molar-refractivity contribution >= 4 is 28.6 Å². The number of aromatic amines is 1. The van der Waals surface area contributed by atoms with Crippen molar-refractivity contribution in [3.8, 4) is 0 Å². The highest BCUT2D eigenvalue weighted by Gasteiger charge is 2.29. The van der Waals surface area contributed by atoms with Gasteiger partial charge in [0.2, 0.25) is 0 Å². The van der Waals surface area contributed by atoms with Crippen LogP contribution >= 0.6 is 11.8 Å². The average molecular weight is 288 g/mol. The van der Waals surface area contributed by atoms with Crippen LogP contribution in [0.15, 0.2) is 30.5 Å². The largest absolute Gasteiger partial charge is 0.361 e. The summed E-state index contributed by atoms with van der Waals surface area (Å²) in [4.78, 5) is 15.7. The molecule has 0 spiro atoms. The number of carbonyl (C=O) groups is 1. The normalized spacial score (nSPS) is 22.2. The zero-order chi connectivity index (χ0) is 13.9. The molecule has 1 aromatic carbocycles. The lowest BCUT2D eigenvalue weighted by Crippen LogP contribution is -2.38. The number of carbonyl (C=O) groups excluding carboxylic acids is 1. The van der Waals surface area contributed by atoms with Crippen LogP contribution in [0, 0.1) is 0 Å². The van der Waals surface area contributed by atoms with Crippen molar-refractivity contribution in [3.63, 3.8) is 0 Å². The van der Waals surface area contributed by atoms with Gasteiger partial charge in [0.25, 0.3) is 5.91 Å². The van der Waals surface area contributed by atoms with Crippen molar-refractivity contribution < 1.29 is 4.79 Å². The van der Waals surface area contributed by atoms with Gasteiger partial charge >= 0.3 is 0 Å². The Morgan fingerprint density at radius 1 is 1.40 bits per heavy atom. The van der Waals surface area contributed by atoms with E-state index in [-0.39, 0.29) is 5.91 Å². The van der Waals surface area contributed by atoms with Crippen LogP contribution in [-0.2, 0) is 0 Å². The van der Waals surface area contributed by atoms with Crippen LogP contribution in [0.4, 0.5) is 0 Å². The average Bonchev–Trinajstić information content (AvgIpc) is 3.08. The summed E-state index contributed by atoms with van der Waals surface area (Å²) in [5.41, 5.74) is 1.68. The zero-order valence-corrected chi connectivity index (χ0v) is 12.5. The number of para-hydroxylation sites is 1. The molecule has 1 aliphatic carbocycles. The second-order valence-electron chi connectivity index (χ2n) is 5.25. The van der Waals surface area contributed by atoms with Gasteiger partial charge in [0.1, 0.15) is 0 Å². The summed E-state index contributed by atoms with van der Waals surface area (Å²) in [5, 5.41) is 4.89. The summed E-state index contributed by atoms with van der Waals surface area (Å²) < 4.78 is 0. The number of hydrogen-bond donors (Lipinski definition) is 2. The number of amides is 1. The number of H-pyrrole nitrogens is 1. The molecule has 4 heteroatoms. The first-order chi connectivity index (χ1) is 9.79. The third-order valence-electron chi connectivity index (χ3n) is 3.98. The molecular formula is C16H20N2OS. The van der Waals surface area contributed by atoms with Gasteiger partial charge in [-0.3, -0.25) is 4.79 Å². The van der Waals surface area contributed by atoms with Gasteiger partial charge in [-0.1, -0.05) is 25.5 Å². The van der Waals surface area contributed by atoms with Gasteiger partial charge in [-0.05, 0) is 30.7 Å². The Hall–Kier alpha value is -1.42. The van der Waals surface area contributed by atoms with Crippen LogP contribution in [0.3, 0.4) is 0 Å². The summed E-state index contributed by atoms with van der Waals surface area (Å²) in [7, 11) is 0. The molecule has 20 heavy (non-hydrogen) atoms. The maximum Gasteiger partial charge on any atom is 0.253 e. The Bertz CT molecular complexity index is 607. The van der Waals surface area contributed by atoms with Crippen molar-refractivity contribution in [2.24, 2.45) is 0 Å². The van der Waals surface area contributed by atoms with Crippen LogP contribution in [0.25, 0.3) is 10.9 Å². The minimum atomic E-state index is 0.0478. The Morgan fingerprint density at radius 3 is 3.15 bits per heavy atom. The van der Waals surface area contributed by atoms with Gasteiger partial charge in [0, 0.05) is 22.9 Å². The molecule has 3 nitrogen and oxygen atoms in total. The van der Waals surface area contributed by atoms with E-state index in [1.54, 1.807) is 0 Å². The predicted octanol–water partition coefficient (Wildman–Crippen LogP) is 3.57. The molecule has 0 aliphatic heterocycles. The van der Waals surface area contributed by atoms with E-state index >= 15 is 0 Å². The van der Waals surface area contributed by atoms with E-state index in [0.29, 0.717) is 11.3 Å². The Morgan fingerprint density at radius 2 is 2.30 bits per heavy atom. The number of hydrogen-bond acceptors (Lipinski definition) is 2.